The van der Waals surface area contributed by atoms with Crippen LogP contribution in [0.25, 0.3) is 0 Å². The van der Waals surface area contributed by atoms with Crippen LogP contribution in [0.3, 0.4) is 0 Å². The molecular weight excluding hydrogens is 728 g/mol. The van der Waals surface area contributed by atoms with Crippen molar-refractivity contribution in [3.05, 3.63) is 95.6 Å². The SMILES string of the molecule is COC(=O)C1OC(Oc2ccc(C3C(CCC(OC(C)=O)c4ccc(F)cc4)C(=O)N3c3ccc(F)cc3)cc2)C(OC(C)=O)C(OC(C)=O)C1OC(C)=O. The lowest BCUT2D eigenvalue weighted by Crippen LogP contribution is -2.64. The monoisotopic (exact) mass is 767 g/mol. The zero-order chi connectivity index (χ0) is 40.0. The second-order valence-corrected chi connectivity index (χ2v) is 12.8. The van der Waals surface area contributed by atoms with Crippen molar-refractivity contribution in [3.8, 4) is 5.75 Å². The molecule has 0 saturated carbocycles. The summed E-state index contributed by atoms with van der Waals surface area (Å²) in [5, 5.41) is 0. The fraction of sp³-hybridized carbons (Fsp3) is 0.385. The van der Waals surface area contributed by atoms with Gasteiger partial charge in [0, 0.05) is 33.4 Å². The van der Waals surface area contributed by atoms with Crippen molar-refractivity contribution in [1.29, 1.82) is 0 Å². The molecule has 8 unspecified atom stereocenters. The molecule has 0 aromatic heterocycles. The fourth-order valence-corrected chi connectivity index (χ4v) is 6.66. The topological polar surface area (TPSA) is 170 Å². The zero-order valence-corrected chi connectivity index (χ0v) is 30.5. The molecule has 0 spiro atoms. The Hall–Kier alpha value is -5.90. The first-order valence-corrected chi connectivity index (χ1v) is 17.2. The molecule has 292 valence electrons. The van der Waals surface area contributed by atoms with E-state index in [9.17, 15) is 37.5 Å². The number of methoxy groups -OCH3 is 1. The molecule has 2 saturated heterocycles. The zero-order valence-electron chi connectivity index (χ0n) is 30.5. The number of rotatable bonds is 13. The summed E-state index contributed by atoms with van der Waals surface area (Å²) >= 11 is 0. The number of halogens is 2. The normalized spacial score (nSPS) is 23.7. The maximum absolute atomic E-state index is 13.9. The van der Waals surface area contributed by atoms with Crippen LogP contribution in [0, 0.1) is 17.6 Å². The van der Waals surface area contributed by atoms with Gasteiger partial charge in [0.15, 0.2) is 18.3 Å². The molecule has 0 aliphatic carbocycles. The molecule has 2 fully saturated rings. The minimum atomic E-state index is -1.66. The van der Waals surface area contributed by atoms with Gasteiger partial charge in [-0.3, -0.25) is 24.0 Å². The Kier molecular flexibility index (Phi) is 12.8. The van der Waals surface area contributed by atoms with E-state index in [1.807, 2.05) is 0 Å². The number of benzene rings is 3. The predicted octanol–water partition coefficient (Wildman–Crippen LogP) is 4.83. The average molecular weight is 768 g/mol. The lowest BCUT2D eigenvalue weighted by atomic mass is 9.78. The van der Waals surface area contributed by atoms with Crippen LogP contribution in [-0.2, 0) is 57.2 Å². The van der Waals surface area contributed by atoms with Crippen molar-refractivity contribution < 1.29 is 70.7 Å². The van der Waals surface area contributed by atoms with Crippen LogP contribution in [0.4, 0.5) is 14.5 Å². The molecular formula is C39H39F2NO13. The van der Waals surface area contributed by atoms with Gasteiger partial charge in [-0.15, -0.1) is 0 Å². The number of carbonyl (C=O) groups is 6. The summed E-state index contributed by atoms with van der Waals surface area (Å²) in [6.45, 7) is 4.47. The van der Waals surface area contributed by atoms with E-state index in [2.05, 4.69) is 0 Å². The number of hydrogen-bond acceptors (Lipinski definition) is 13. The van der Waals surface area contributed by atoms with Crippen LogP contribution in [0.1, 0.15) is 63.8 Å². The number of esters is 5. The van der Waals surface area contributed by atoms with Crippen LogP contribution < -0.4 is 9.64 Å². The lowest BCUT2D eigenvalue weighted by molar-refractivity contribution is -0.282. The van der Waals surface area contributed by atoms with Gasteiger partial charge in [-0.25, -0.2) is 13.6 Å². The van der Waals surface area contributed by atoms with Crippen LogP contribution in [-0.4, -0.2) is 73.6 Å². The Morgan fingerprint density at radius 1 is 0.727 bits per heavy atom. The fourth-order valence-electron chi connectivity index (χ4n) is 6.66. The van der Waals surface area contributed by atoms with Gasteiger partial charge in [-0.2, -0.15) is 0 Å². The standard InChI is InChI=1S/C39H39F2NO13/c1-20(43)50-31(24-6-10-26(40)11-7-24)19-18-30-32(42(37(30)47)28-14-12-27(41)13-15-28)25-8-16-29(17-9-25)54-39-36(53-23(4)46)34(52-22(3)45)33(51-21(2)44)35(55-39)38(48)49-5/h6-17,30-36,39H,18-19H2,1-5H3. The third-order valence-corrected chi connectivity index (χ3v) is 8.92. The maximum atomic E-state index is 13.9. The van der Waals surface area contributed by atoms with Gasteiger partial charge < -0.3 is 38.1 Å². The summed E-state index contributed by atoms with van der Waals surface area (Å²) in [5.74, 6) is -5.77. The van der Waals surface area contributed by atoms with Crippen LogP contribution in [0.2, 0.25) is 0 Å². The largest absolute Gasteiger partial charge is 0.467 e. The van der Waals surface area contributed by atoms with Gasteiger partial charge in [-0.05, 0) is 72.5 Å². The van der Waals surface area contributed by atoms with E-state index in [4.69, 9.17) is 33.2 Å². The number of anilines is 1. The maximum Gasteiger partial charge on any atom is 0.339 e. The van der Waals surface area contributed by atoms with Crippen LogP contribution >= 0.6 is 0 Å². The van der Waals surface area contributed by atoms with Crippen molar-refractivity contribution in [2.24, 2.45) is 5.92 Å². The Morgan fingerprint density at radius 2 is 1.27 bits per heavy atom. The molecule has 2 aliphatic heterocycles. The predicted molar refractivity (Wildman–Crippen MR) is 185 cm³/mol. The molecule has 3 aromatic carbocycles. The number of nitrogens with zero attached hydrogens (tertiary/aromatic N) is 1. The smallest absolute Gasteiger partial charge is 0.339 e. The average Bonchev–Trinajstić information content (AvgIpc) is 3.13. The molecule has 55 heavy (non-hydrogen) atoms. The van der Waals surface area contributed by atoms with Gasteiger partial charge in [0.1, 0.15) is 23.5 Å². The molecule has 16 heteroatoms. The summed E-state index contributed by atoms with van der Waals surface area (Å²) in [7, 11) is 1.07. The van der Waals surface area contributed by atoms with Crippen LogP contribution in [0.15, 0.2) is 72.8 Å². The van der Waals surface area contributed by atoms with E-state index in [0.29, 0.717) is 16.8 Å². The Labute approximate surface area is 314 Å². The highest BCUT2D eigenvalue weighted by atomic mass is 19.1. The number of ether oxygens (including phenoxy) is 7. The summed E-state index contributed by atoms with van der Waals surface area (Å²) in [4.78, 5) is 76.3. The highest BCUT2D eigenvalue weighted by molar-refractivity contribution is 6.03. The lowest BCUT2D eigenvalue weighted by Gasteiger charge is -2.48. The Morgan fingerprint density at radius 3 is 1.82 bits per heavy atom. The van der Waals surface area contributed by atoms with Gasteiger partial charge in [0.2, 0.25) is 18.3 Å². The molecule has 14 nitrogen and oxygen atoms in total. The number of amides is 1. The first-order valence-electron chi connectivity index (χ1n) is 17.2. The third-order valence-electron chi connectivity index (χ3n) is 8.92. The summed E-state index contributed by atoms with van der Waals surface area (Å²) in [5.41, 5.74) is 1.63. The molecule has 5 rings (SSSR count). The first-order chi connectivity index (χ1) is 26.2. The minimum absolute atomic E-state index is 0.129. The molecule has 2 aliphatic rings. The minimum Gasteiger partial charge on any atom is -0.467 e. The second kappa shape index (κ2) is 17.5. The highest BCUT2D eigenvalue weighted by Crippen LogP contribution is 2.47. The molecule has 0 radical (unpaired) electrons. The molecule has 0 N–H and O–H groups in total. The molecule has 2 heterocycles. The Balaban J connectivity index is 1.43. The van der Waals surface area contributed by atoms with Crippen molar-refractivity contribution in [3.63, 3.8) is 0 Å². The summed E-state index contributed by atoms with van der Waals surface area (Å²) < 4.78 is 65.9. The highest BCUT2D eigenvalue weighted by Gasteiger charge is 2.56. The van der Waals surface area contributed by atoms with E-state index in [1.165, 1.54) is 72.5 Å². The van der Waals surface area contributed by atoms with Gasteiger partial charge in [-0.1, -0.05) is 24.3 Å². The molecule has 1 amide bonds. The van der Waals surface area contributed by atoms with Crippen molar-refractivity contribution in [2.45, 2.75) is 83.4 Å². The van der Waals surface area contributed by atoms with Gasteiger partial charge in [0.25, 0.3) is 0 Å². The van der Waals surface area contributed by atoms with Gasteiger partial charge >= 0.3 is 29.8 Å². The number of carbonyl (C=O) groups excluding carboxylic acids is 6. The van der Waals surface area contributed by atoms with Gasteiger partial charge in [0.05, 0.1) is 19.1 Å². The summed E-state index contributed by atoms with van der Waals surface area (Å²) in [6, 6.07) is 16.7. The van der Waals surface area contributed by atoms with E-state index in [0.717, 1.165) is 27.9 Å². The van der Waals surface area contributed by atoms with E-state index in [1.54, 1.807) is 12.1 Å². The van der Waals surface area contributed by atoms with Crippen molar-refractivity contribution in [2.75, 3.05) is 12.0 Å². The quantitative estimate of drug-likeness (QED) is 0.132. The van der Waals surface area contributed by atoms with E-state index < -0.39 is 90.3 Å². The number of β-lactam (4-membered cyclic amide) rings is 1. The van der Waals surface area contributed by atoms with E-state index >= 15 is 0 Å². The summed E-state index contributed by atoms with van der Waals surface area (Å²) in [6.07, 6.45) is -8.18. The molecule has 3 aromatic rings. The third kappa shape index (κ3) is 9.62. The van der Waals surface area contributed by atoms with E-state index in [-0.39, 0.29) is 24.5 Å². The second-order valence-electron chi connectivity index (χ2n) is 12.8. The molecule has 8 atom stereocenters. The molecule has 0 bridgehead atoms. The Bertz CT molecular complexity index is 1890. The van der Waals surface area contributed by atoms with Crippen molar-refractivity contribution in [1.82, 2.24) is 0 Å². The number of hydrogen-bond donors (Lipinski definition) is 0. The first kappa shape index (κ1) is 40.3. The van der Waals surface area contributed by atoms with Crippen molar-refractivity contribution >= 4 is 41.4 Å². The van der Waals surface area contributed by atoms with Crippen LogP contribution in [0.5, 0.6) is 5.75 Å².